The Balaban J connectivity index is 1.37. The van der Waals surface area contributed by atoms with E-state index < -0.39 is 24.3 Å². The molecule has 0 radical (unpaired) electrons. The van der Waals surface area contributed by atoms with Gasteiger partial charge in [-0.15, -0.1) is 0 Å². The van der Waals surface area contributed by atoms with Crippen molar-refractivity contribution in [3.05, 3.63) is 96.5 Å². The Bertz CT molecular complexity index is 1580. The second-order valence-electron chi connectivity index (χ2n) is 9.64. The number of benzene rings is 3. The molecular weight excluding hydrogens is 736 g/mol. The second kappa shape index (κ2) is 16.0. The smallest absolute Gasteiger partial charge is 0.337 e. The van der Waals surface area contributed by atoms with Crippen LogP contribution in [0.5, 0.6) is 17.2 Å². The summed E-state index contributed by atoms with van der Waals surface area (Å²) in [6.45, 7) is 3.94. The number of hydrogen-bond donors (Lipinski definition) is 4. The molecule has 0 aromatic heterocycles. The number of ether oxygens (including phenoxy) is 4. The van der Waals surface area contributed by atoms with Crippen molar-refractivity contribution in [1.29, 1.82) is 0 Å². The van der Waals surface area contributed by atoms with Crippen LogP contribution in [0.3, 0.4) is 0 Å². The minimum Gasteiger partial charge on any atom is -0.490 e. The number of nitrogens with zero attached hydrogens (tertiary/aromatic N) is 1. The molecule has 45 heavy (non-hydrogen) atoms. The van der Waals surface area contributed by atoms with Gasteiger partial charge in [0.15, 0.2) is 23.5 Å². The van der Waals surface area contributed by atoms with Crippen LogP contribution in [-0.2, 0) is 16.1 Å². The predicted molar refractivity (Wildman–Crippen MR) is 177 cm³/mol. The number of hydrazone groups is 1. The maximum atomic E-state index is 12.4. The minimum absolute atomic E-state index is 0.166. The van der Waals surface area contributed by atoms with Gasteiger partial charge >= 0.3 is 12.0 Å². The van der Waals surface area contributed by atoms with E-state index in [-0.39, 0.29) is 12.2 Å². The molecule has 2 atom stereocenters. The maximum Gasteiger partial charge on any atom is 0.337 e. The highest BCUT2D eigenvalue weighted by molar-refractivity contribution is 9.10. The lowest BCUT2D eigenvalue weighted by atomic mass is 9.95. The number of allylic oxidation sites excluding steroid dienone is 1. The van der Waals surface area contributed by atoms with Gasteiger partial charge in [0, 0.05) is 10.2 Å². The van der Waals surface area contributed by atoms with Crippen molar-refractivity contribution in [3.63, 3.8) is 0 Å². The van der Waals surface area contributed by atoms with Gasteiger partial charge in [0.05, 0.1) is 41.0 Å². The summed E-state index contributed by atoms with van der Waals surface area (Å²) < 4.78 is 24.0. The van der Waals surface area contributed by atoms with Crippen molar-refractivity contribution in [2.75, 3.05) is 20.3 Å². The van der Waals surface area contributed by atoms with Gasteiger partial charge in [-0.3, -0.25) is 5.43 Å². The van der Waals surface area contributed by atoms with Gasteiger partial charge in [0.1, 0.15) is 13.2 Å². The predicted octanol–water partition coefficient (Wildman–Crippen LogP) is 5.96. The number of nitrogens with one attached hydrogen (secondary N) is 3. The number of aliphatic hydroxyl groups is 1. The number of methoxy groups -OCH3 is 1. The summed E-state index contributed by atoms with van der Waals surface area (Å²) in [5.41, 5.74) is 5.50. The fourth-order valence-electron chi connectivity index (χ4n) is 4.35. The lowest BCUT2D eigenvalue weighted by Crippen LogP contribution is -2.45. The fraction of sp³-hybridized carbons (Fsp3) is 0.258. The lowest BCUT2D eigenvalue weighted by Gasteiger charge is -2.28. The molecule has 0 unspecified atom stereocenters. The molecule has 1 aliphatic rings. The summed E-state index contributed by atoms with van der Waals surface area (Å²) in [6, 6.07) is 15.1. The molecule has 238 valence electrons. The Hall–Kier alpha value is -3.78. The molecule has 0 bridgehead atoms. The van der Waals surface area contributed by atoms with E-state index >= 15 is 0 Å². The Kier molecular flexibility index (Phi) is 12.1. The summed E-state index contributed by atoms with van der Waals surface area (Å²) >= 11 is 13.4. The fourth-order valence-corrected chi connectivity index (χ4v) is 5.60. The van der Waals surface area contributed by atoms with Crippen molar-refractivity contribution in [2.24, 2.45) is 5.10 Å². The molecule has 0 spiro atoms. The number of halogens is 3. The minimum atomic E-state index is -1.16. The number of aliphatic hydroxyl groups excluding tert-OH is 1. The quantitative estimate of drug-likeness (QED) is 0.0724. The summed E-state index contributed by atoms with van der Waals surface area (Å²) in [7, 11) is 1.27. The summed E-state index contributed by atoms with van der Waals surface area (Å²) in [4.78, 5) is 24.6. The van der Waals surface area contributed by atoms with Crippen LogP contribution in [0.4, 0.5) is 4.79 Å². The van der Waals surface area contributed by atoms with Gasteiger partial charge in [-0.05, 0) is 82.9 Å². The van der Waals surface area contributed by atoms with Crippen molar-refractivity contribution in [2.45, 2.75) is 32.7 Å². The summed E-state index contributed by atoms with van der Waals surface area (Å²) in [6.07, 6.45) is 0.337. The first-order valence-corrected chi connectivity index (χ1v) is 15.6. The molecule has 1 aliphatic heterocycles. The highest BCUT2D eigenvalue weighted by atomic mass is 79.9. The molecule has 11 nitrogen and oxygen atoms in total. The molecule has 3 aromatic rings. The van der Waals surface area contributed by atoms with Crippen LogP contribution in [0.2, 0.25) is 5.02 Å². The molecule has 4 rings (SSSR count). The van der Waals surface area contributed by atoms with E-state index in [1.165, 1.54) is 13.3 Å². The molecular formula is C31H31Br2ClN4O7. The third-order valence-electron chi connectivity index (χ3n) is 6.43. The first kappa shape index (κ1) is 34.1. The van der Waals surface area contributed by atoms with Gasteiger partial charge in [-0.1, -0.05) is 45.7 Å². The largest absolute Gasteiger partial charge is 0.490 e. The Morgan fingerprint density at radius 2 is 1.87 bits per heavy atom. The van der Waals surface area contributed by atoms with Crippen molar-refractivity contribution >= 4 is 61.7 Å². The van der Waals surface area contributed by atoms with Gasteiger partial charge < -0.3 is 34.7 Å². The molecule has 0 saturated heterocycles. The average molecular weight is 767 g/mol. The number of carbonyl (C=O) groups is 2. The van der Waals surface area contributed by atoms with Crippen molar-refractivity contribution in [3.8, 4) is 17.2 Å². The molecule has 0 aliphatic carbocycles. The summed E-state index contributed by atoms with van der Waals surface area (Å²) in [5.74, 6) is 0.640. The number of urea groups is 1. The third kappa shape index (κ3) is 9.13. The monoisotopic (exact) mass is 764 g/mol. The zero-order chi connectivity index (χ0) is 32.5. The molecule has 4 N–H and O–H groups in total. The van der Waals surface area contributed by atoms with Crippen LogP contribution in [0, 0.1) is 0 Å². The molecule has 3 aromatic carbocycles. The second-order valence-corrected chi connectivity index (χ2v) is 11.8. The Morgan fingerprint density at radius 1 is 1.11 bits per heavy atom. The average Bonchev–Trinajstić information content (AvgIpc) is 3.00. The van der Waals surface area contributed by atoms with Gasteiger partial charge in [0.2, 0.25) is 0 Å². The van der Waals surface area contributed by atoms with Crippen LogP contribution in [0.25, 0.3) is 0 Å². The van der Waals surface area contributed by atoms with E-state index in [2.05, 4.69) is 53.0 Å². The van der Waals surface area contributed by atoms with Crippen LogP contribution in [0.1, 0.15) is 36.6 Å². The van der Waals surface area contributed by atoms with E-state index in [0.29, 0.717) is 56.8 Å². The molecule has 0 fully saturated rings. The zero-order valence-electron chi connectivity index (χ0n) is 24.5. The highest BCUT2D eigenvalue weighted by Crippen LogP contribution is 2.36. The van der Waals surface area contributed by atoms with E-state index in [9.17, 15) is 14.7 Å². The Morgan fingerprint density at radius 3 is 2.56 bits per heavy atom. The summed E-state index contributed by atoms with van der Waals surface area (Å²) in [5, 5.41) is 20.2. The number of esters is 1. The van der Waals surface area contributed by atoms with E-state index in [1.807, 2.05) is 31.2 Å². The van der Waals surface area contributed by atoms with Crippen LogP contribution in [-0.4, -0.2) is 49.9 Å². The normalized spacial score (nSPS) is 15.3. The topological polar surface area (TPSA) is 140 Å². The third-order valence-corrected chi connectivity index (χ3v) is 7.82. The molecule has 0 saturated carbocycles. The first-order chi connectivity index (χ1) is 21.6. The Labute approximate surface area is 282 Å². The number of carbonyl (C=O) groups excluding carboxylic acids is 2. The number of rotatable bonds is 13. The van der Waals surface area contributed by atoms with Gasteiger partial charge in [0.25, 0.3) is 0 Å². The first-order valence-electron chi connectivity index (χ1n) is 13.7. The van der Waals surface area contributed by atoms with Crippen LogP contribution in [0.15, 0.2) is 79.9 Å². The van der Waals surface area contributed by atoms with Crippen molar-refractivity contribution < 1.29 is 33.6 Å². The van der Waals surface area contributed by atoms with E-state index in [0.717, 1.165) is 10.0 Å². The molecule has 1 heterocycles. The number of hydrogen-bond acceptors (Lipinski definition) is 9. The molecule has 2 amide bonds. The van der Waals surface area contributed by atoms with Gasteiger partial charge in [-0.25, -0.2) is 9.59 Å². The van der Waals surface area contributed by atoms with Gasteiger partial charge in [-0.2, -0.15) is 5.10 Å². The number of amides is 2. The zero-order valence-corrected chi connectivity index (χ0v) is 28.5. The SMILES string of the molecule is CCOc1cc([C@@H]2NC(=O)NC(C)=C2C(=O)OC)ccc1OC[C@@H](O)N/N=C\c1cc(Cl)c(OCc2ccc(Br)cc2)c(Br)c1. The van der Waals surface area contributed by atoms with E-state index in [4.69, 9.17) is 30.5 Å². The lowest BCUT2D eigenvalue weighted by molar-refractivity contribution is -0.136. The van der Waals surface area contributed by atoms with Crippen LogP contribution >= 0.6 is 43.5 Å². The van der Waals surface area contributed by atoms with E-state index in [1.54, 1.807) is 37.3 Å². The molecule has 14 heteroatoms. The maximum absolute atomic E-state index is 12.4. The van der Waals surface area contributed by atoms with Crippen LogP contribution < -0.4 is 30.3 Å². The highest BCUT2D eigenvalue weighted by Gasteiger charge is 2.32. The standard InChI is InChI=1S/C31H31Br2ClN4O7/c1-4-43-25-13-20(28-27(30(40)42-3)17(2)36-31(41)37-28)7-10-24(25)44-16-26(39)38-35-14-19-11-22(33)29(23(34)12-19)45-15-18-5-8-21(32)9-6-18/h5-14,26,28,38-39H,4,15-16H2,1-3H3,(H2,36,37,41)/b35-14-/t26-,28+/m1/s1. The van der Waals surface area contributed by atoms with Crippen molar-refractivity contribution in [1.82, 2.24) is 16.1 Å².